The van der Waals surface area contributed by atoms with E-state index in [1.807, 2.05) is 24.3 Å². The van der Waals surface area contributed by atoms with Crippen molar-refractivity contribution in [3.63, 3.8) is 0 Å². The first kappa shape index (κ1) is 15.9. The molecule has 23 heavy (non-hydrogen) atoms. The minimum absolute atomic E-state index is 0.152. The molecule has 1 saturated carbocycles. The van der Waals surface area contributed by atoms with E-state index in [9.17, 15) is 4.79 Å². The van der Waals surface area contributed by atoms with Crippen molar-refractivity contribution in [2.45, 2.75) is 38.5 Å². The van der Waals surface area contributed by atoms with Crippen molar-refractivity contribution in [1.29, 1.82) is 0 Å². The van der Waals surface area contributed by atoms with Gasteiger partial charge >= 0.3 is 0 Å². The molecule has 0 aliphatic heterocycles. The number of nitrogens with one attached hydrogen (secondary N) is 1. The molecule has 3 rings (SSSR count). The summed E-state index contributed by atoms with van der Waals surface area (Å²) < 4.78 is 5.73. The van der Waals surface area contributed by atoms with E-state index in [0.717, 1.165) is 18.1 Å². The molecule has 0 aromatic heterocycles. The molecule has 122 valence electrons. The molecule has 0 bridgehead atoms. The van der Waals surface area contributed by atoms with Gasteiger partial charge in [0.25, 0.3) is 0 Å². The van der Waals surface area contributed by atoms with Gasteiger partial charge in [0, 0.05) is 6.42 Å². The van der Waals surface area contributed by atoms with Crippen molar-refractivity contribution < 1.29 is 9.53 Å². The minimum atomic E-state index is 0.152. The average molecular weight is 311 g/mol. The Morgan fingerprint density at radius 2 is 1.87 bits per heavy atom. The summed E-state index contributed by atoms with van der Waals surface area (Å²) in [5.74, 6) is 1.78. The van der Waals surface area contributed by atoms with Crippen molar-refractivity contribution in [1.82, 2.24) is 5.32 Å². The Balaban J connectivity index is 1.36. The minimum Gasteiger partial charge on any atom is -0.492 e. The number of fused-ring (bicyclic) bond motifs is 1. The van der Waals surface area contributed by atoms with Crippen molar-refractivity contribution in [2.24, 2.45) is 5.92 Å². The van der Waals surface area contributed by atoms with Crippen molar-refractivity contribution in [3.05, 3.63) is 42.5 Å². The molecule has 2 aromatic carbocycles. The molecule has 0 saturated heterocycles. The molecule has 1 aliphatic rings. The Hall–Kier alpha value is -2.03. The largest absolute Gasteiger partial charge is 0.492 e. The standard InChI is InChI=1S/C20H25NO2/c22-20(12-9-16-5-1-2-6-16)21-13-14-23-19-11-10-17-7-3-4-8-18(17)15-19/h3-4,7-8,10-11,15-16H,1-2,5-6,9,12-14H2,(H,21,22). The van der Waals surface area contributed by atoms with Gasteiger partial charge in [-0.25, -0.2) is 0 Å². The van der Waals surface area contributed by atoms with Crippen molar-refractivity contribution in [2.75, 3.05) is 13.2 Å². The lowest BCUT2D eigenvalue weighted by Gasteiger charge is -2.10. The molecule has 0 radical (unpaired) electrons. The lowest BCUT2D eigenvalue weighted by molar-refractivity contribution is -0.121. The van der Waals surface area contributed by atoms with Gasteiger partial charge in [-0.1, -0.05) is 56.0 Å². The predicted molar refractivity (Wildman–Crippen MR) is 93.6 cm³/mol. The highest BCUT2D eigenvalue weighted by molar-refractivity contribution is 5.83. The van der Waals surface area contributed by atoms with Crippen LogP contribution >= 0.6 is 0 Å². The normalized spacial score (nSPS) is 15.0. The number of amides is 1. The maximum atomic E-state index is 11.8. The summed E-state index contributed by atoms with van der Waals surface area (Å²) in [6.07, 6.45) is 6.98. The van der Waals surface area contributed by atoms with E-state index >= 15 is 0 Å². The summed E-state index contributed by atoms with van der Waals surface area (Å²) in [4.78, 5) is 11.8. The van der Waals surface area contributed by atoms with E-state index in [0.29, 0.717) is 19.6 Å². The van der Waals surface area contributed by atoms with E-state index in [1.165, 1.54) is 36.5 Å². The third-order valence-electron chi connectivity index (χ3n) is 4.67. The summed E-state index contributed by atoms with van der Waals surface area (Å²) in [6, 6.07) is 14.3. The maximum Gasteiger partial charge on any atom is 0.220 e. The molecule has 1 amide bonds. The Kier molecular flexibility index (Phi) is 5.51. The zero-order valence-corrected chi connectivity index (χ0v) is 13.6. The van der Waals surface area contributed by atoms with E-state index in [1.54, 1.807) is 0 Å². The first-order valence-corrected chi connectivity index (χ1v) is 8.69. The quantitative estimate of drug-likeness (QED) is 0.774. The van der Waals surface area contributed by atoms with Crippen LogP contribution in [0.3, 0.4) is 0 Å². The van der Waals surface area contributed by atoms with E-state index in [2.05, 4.69) is 23.5 Å². The van der Waals surface area contributed by atoms with Crippen LogP contribution in [-0.4, -0.2) is 19.1 Å². The molecule has 0 unspecified atom stereocenters. The van der Waals surface area contributed by atoms with Crippen LogP contribution in [0.25, 0.3) is 10.8 Å². The molecule has 1 aliphatic carbocycles. The van der Waals surface area contributed by atoms with Gasteiger partial charge in [-0.15, -0.1) is 0 Å². The second-order valence-corrected chi connectivity index (χ2v) is 6.40. The number of benzene rings is 2. The number of carbonyl (C=O) groups excluding carboxylic acids is 1. The van der Waals surface area contributed by atoms with Gasteiger partial charge in [-0.2, -0.15) is 0 Å². The number of rotatable bonds is 7. The van der Waals surface area contributed by atoms with Gasteiger partial charge in [0.1, 0.15) is 12.4 Å². The van der Waals surface area contributed by atoms with Gasteiger partial charge in [0.05, 0.1) is 6.54 Å². The fraction of sp³-hybridized carbons (Fsp3) is 0.450. The molecular formula is C20H25NO2. The van der Waals surface area contributed by atoms with Gasteiger partial charge in [0.2, 0.25) is 5.91 Å². The zero-order chi connectivity index (χ0) is 15.9. The van der Waals surface area contributed by atoms with Crippen LogP contribution in [0.1, 0.15) is 38.5 Å². The van der Waals surface area contributed by atoms with Crippen molar-refractivity contribution >= 4 is 16.7 Å². The van der Waals surface area contributed by atoms with E-state index in [-0.39, 0.29) is 5.91 Å². The number of carbonyl (C=O) groups is 1. The Morgan fingerprint density at radius 3 is 2.70 bits per heavy atom. The molecule has 0 heterocycles. The molecule has 3 nitrogen and oxygen atoms in total. The van der Waals surface area contributed by atoms with Crippen LogP contribution in [0, 0.1) is 5.92 Å². The molecule has 1 N–H and O–H groups in total. The topological polar surface area (TPSA) is 38.3 Å². The van der Waals surface area contributed by atoms with Gasteiger partial charge in [-0.3, -0.25) is 4.79 Å². The highest BCUT2D eigenvalue weighted by Crippen LogP contribution is 2.28. The lowest BCUT2D eigenvalue weighted by atomic mass is 10.0. The fourth-order valence-corrected chi connectivity index (χ4v) is 3.34. The van der Waals surface area contributed by atoms with Crippen LogP contribution in [-0.2, 0) is 4.79 Å². The predicted octanol–water partition coefficient (Wildman–Crippen LogP) is 4.31. The van der Waals surface area contributed by atoms with Crippen LogP contribution in [0.2, 0.25) is 0 Å². The second-order valence-electron chi connectivity index (χ2n) is 6.40. The number of hydrogen-bond acceptors (Lipinski definition) is 2. The summed E-state index contributed by atoms with van der Waals surface area (Å²) in [5, 5.41) is 5.33. The van der Waals surface area contributed by atoms with Crippen LogP contribution in [0.4, 0.5) is 0 Å². The fourth-order valence-electron chi connectivity index (χ4n) is 3.34. The monoisotopic (exact) mass is 311 g/mol. The summed E-state index contributed by atoms with van der Waals surface area (Å²) in [6.45, 7) is 1.07. The van der Waals surface area contributed by atoms with Gasteiger partial charge in [-0.05, 0) is 35.2 Å². The third kappa shape index (κ3) is 4.72. The average Bonchev–Trinajstić information content (AvgIpc) is 3.10. The Bertz CT molecular complexity index is 647. The molecule has 3 heteroatoms. The Morgan fingerprint density at radius 1 is 1.09 bits per heavy atom. The molecule has 0 spiro atoms. The summed E-state index contributed by atoms with van der Waals surface area (Å²) in [5.41, 5.74) is 0. The number of hydrogen-bond donors (Lipinski definition) is 1. The van der Waals surface area contributed by atoms with Crippen LogP contribution < -0.4 is 10.1 Å². The first-order valence-electron chi connectivity index (χ1n) is 8.69. The molecule has 1 fully saturated rings. The molecular weight excluding hydrogens is 286 g/mol. The zero-order valence-electron chi connectivity index (χ0n) is 13.6. The van der Waals surface area contributed by atoms with Crippen LogP contribution in [0.5, 0.6) is 5.75 Å². The van der Waals surface area contributed by atoms with E-state index in [4.69, 9.17) is 4.74 Å². The third-order valence-corrected chi connectivity index (χ3v) is 4.67. The Labute approximate surface area is 138 Å². The maximum absolute atomic E-state index is 11.8. The highest BCUT2D eigenvalue weighted by atomic mass is 16.5. The summed E-state index contributed by atoms with van der Waals surface area (Å²) >= 11 is 0. The van der Waals surface area contributed by atoms with E-state index < -0.39 is 0 Å². The van der Waals surface area contributed by atoms with Crippen molar-refractivity contribution in [3.8, 4) is 5.75 Å². The smallest absolute Gasteiger partial charge is 0.220 e. The molecule has 0 atom stereocenters. The summed E-state index contributed by atoms with van der Waals surface area (Å²) in [7, 11) is 0. The van der Waals surface area contributed by atoms with Gasteiger partial charge in [0.15, 0.2) is 0 Å². The van der Waals surface area contributed by atoms with Gasteiger partial charge < -0.3 is 10.1 Å². The lowest BCUT2D eigenvalue weighted by Crippen LogP contribution is -2.28. The highest BCUT2D eigenvalue weighted by Gasteiger charge is 2.15. The van der Waals surface area contributed by atoms with Crippen LogP contribution in [0.15, 0.2) is 42.5 Å². The SMILES string of the molecule is O=C(CCC1CCCC1)NCCOc1ccc2ccccc2c1. The second kappa shape index (κ2) is 8.00. The number of ether oxygens (including phenoxy) is 1. The molecule has 2 aromatic rings. The first-order chi connectivity index (χ1) is 11.3.